The highest BCUT2D eigenvalue weighted by molar-refractivity contribution is 5.79. The summed E-state index contributed by atoms with van der Waals surface area (Å²) in [5.74, 6) is -1.32. The van der Waals surface area contributed by atoms with Crippen LogP contribution in [0.5, 0.6) is 0 Å². The molecule has 1 heterocycles. The van der Waals surface area contributed by atoms with Gasteiger partial charge in [0.1, 0.15) is 0 Å². The van der Waals surface area contributed by atoms with Crippen LogP contribution >= 0.6 is 0 Å². The Morgan fingerprint density at radius 3 is 2.63 bits per heavy atom. The molecule has 1 amide bonds. The lowest BCUT2D eigenvalue weighted by atomic mass is 9.97. The van der Waals surface area contributed by atoms with Crippen molar-refractivity contribution in [3.05, 3.63) is 30.1 Å². The van der Waals surface area contributed by atoms with Crippen molar-refractivity contribution < 1.29 is 14.7 Å². The third kappa shape index (κ3) is 5.99. The number of carboxylic acid groups (broad SMARTS) is 1. The Morgan fingerprint density at radius 2 is 2.11 bits per heavy atom. The van der Waals surface area contributed by atoms with E-state index >= 15 is 0 Å². The predicted octanol–water partition coefficient (Wildman–Crippen LogP) is 1.49. The molecule has 0 aliphatic heterocycles. The second-order valence-electron chi connectivity index (χ2n) is 4.97. The molecule has 0 bridgehead atoms. The maximum absolute atomic E-state index is 11.7. The number of carbonyl (C=O) groups excluding carboxylic acids is 1. The summed E-state index contributed by atoms with van der Waals surface area (Å²) in [7, 11) is 0. The maximum atomic E-state index is 11.7. The number of carbonyl (C=O) groups is 2. The molecule has 5 heteroatoms. The molecule has 1 aromatic rings. The third-order valence-corrected chi connectivity index (χ3v) is 2.72. The summed E-state index contributed by atoms with van der Waals surface area (Å²) in [6.07, 6.45) is 2.36. The van der Waals surface area contributed by atoms with Crippen LogP contribution in [0.2, 0.25) is 0 Å². The van der Waals surface area contributed by atoms with Gasteiger partial charge in [-0.3, -0.25) is 14.6 Å². The second-order valence-corrected chi connectivity index (χ2v) is 4.97. The Morgan fingerprint density at radius 1 is 1.37 bits per heavy atom. The van der Waals surface area contributed by atoms with Crippen molar-refractivity contribution in [2.24, 2.45) is 11.8 Å². The first-order valence-electron chi connectivity index (χ1n) is 6.38. The lowest BCUT2D eigenvalue weighted by Gasteiger charge is -2.15. The Labute approximate surface area is 113 Å². The number of amides is 1. The number of carboxylic acids is 1. The first-order chi connectivity index (χ1) is 8.99. The molecule has 0 aliphatic rings. The molecule has 0 saturated heterocycles. The van der Waals surface area contributed by atoms with Gasteiger partial charge in [0.15, 0.2) is 0 Å². The van der Waals surface area contributed by atoms with Gasteiger partial charge in [-0.15, -0.1) is 0 Å². The molecular weight excluding hydrogens is 244 g/mol. The highest BCUT2D eigenvalue weighted by atomic mass is 16.4. The van der Waals surface area contributed by atoms with Gasteiger partial charge in [-0.05, 0) is 24.5 Å². The molecular formula is C14H20N2O3. The zero-order valence-electron chi connectivity index (χ0n) is 11.3. The van der Waals surface area contributed by atoms with Crippen LogP contribution in [0, 0.1) is 11.8 Å². The van der Waals surface area contributed by atoms with Crippen LogP contribution in [0.1, 0.15) is 26.0 Å². The molecule has 19 heavy (non-hydrogen) atoms. The van der Waals surface area contributed by atoms with Crippen LogP contribution in [-0.4, -0.2) is 28.5 Å². The van der Waals surface area contributed by atoms with E-state index in [9.17, 15) is 9.59 Å². The summed E-state index contributed by atoms with van der Waals surface area (Å²) in [5, 5.41) is 11.7. The summed E-state index contributed by atoms with van der Waals surface area (Å²) in [4.78, 5) is 26.8. The minimum absolute atomic E-state index is 0.166. The SMILES string of the molecule is CC(C)CC(CNC(=O)Cc1ccccn1)C(=O)O. The molecule has 1 rings (SSSR count). The molecule has 0 saturated carbocycles. The van der Waals surface area contributed by atoms with Crippen molar-refractivity contribution in [3.8, 4) is 0 Å². The van der Waals surface area contributed by atoms with E-state index in [0.29, 0.717) is 12.1 Å². The van der Waals surface area contributed by atoms with Crippen molar-refractivity contribution in [1.29, 1.82) is 0 Å². The lowest BCUT2D eigenvalue weighted by molar-refractivity contribution is -0.142. The summed E-state index contributed by atoms with van der Waals surface area (Å²) >= 11 is 0. The Kier molecular flexibility index (Phi) is 5.99. The highest BCUT2D eigenvalue weighted by Gasteiger charge is 2.19. The number of rotatable bonds is 7. The van der Waals surface area contributed by atoms with Gasteiger partial charge >= 0.3 is 5.97 Å². The molecule has 0 aromatic carbocycles. The summed E-state index contributed by atoms with van der Waals surface area (Å²) in [6.45, 7) is 4.09. The van der Waals surface area contributed by atoms with E-state index < -0.39 is 11.9 Å². The number of hydrogen-bond donors (Lipinski definition) is 2. The molecule has 0 aliphatic carbocycles. The van der Waals surface area contributed by atoms with Crippen LogP contribution in [0.4, 0.5) is 0 Å². The zero-order valence-corrected chi connectivity index (χ0v) is 11.3. The highest BCUT2D eigenvalue weighted by Crippen LogP contribution is 2.11. The molecule has 0 spiro atoms. The third-order valence-electron chi connectivity index (χ3n) is 2.72. The number of aliphatic carboxylic acids is 1. The van der Waals surface area contributed by atoms with E-state index in [-0.39, 0.29) is 24.8 Å². The molecule has 1 atom stereocenters. The van der Waals surface area contributed by atoms with Crippen molar-refractivity contribution in [1.82, 2.24) is 10.3 Å². The van der Waals surface area contributed by atoms with Gasteiger partial charge in [0.25, 0.3) is 0 Å². The summed E-state index contributed by atoms with van der Waals surface area (Å²) in [6, 6.07) is 5.36. The number of pyridine rings is 1. The van der Waals surface area contributed by atoms with Crippen LogP contribution < -0.4 is 5.32 Å². The number of hydrogen-bond acceptors (Lipinski definition) is 3. The smallest absolute Gasteiger partial charge is 0.308 e. The van der Waals surface area contributed by atoms with Crippen LogP contribution in [0.25, 0.3) is 0 Å². The predicted molar refractivity (Wildman–Crippen MR) is 71.5 cm³/mol. The van der Waals surface area contributed by atoms with E-state index in [1.54, 1.807) is 18.3 Å². The second kappa shape index (κ2) is 7.51. The van der Waals surface area contributed by atoms with Crippen molar-refractivity contribution in [2.75, 3.05) is 6.54 Å². The average Bonchev–Trinajstić information content (AvgIpc) is 2.35. The van der Waals surface area contributed by atoms with Crippen LogP contribution in [-0.2, 0) is 16.0 Å². The summed E-state index contributed by atoms with van der Waals surface area (Å²) < 4.78 is 0. The van der Waals surface area contributed by atoms with Crippen molar-refractivity contribution >= 4 is 11.9 Å². The minimum atomic E-state index is -0.869. The molecule has 1 aromatic heterocycles. The van der Waals surface area contributed by atoms with Gasteiger partial charge < -0.3 is 10.4 Å². The van der Waals surface area contributed by atoms with Crippen LogP contribution in [0.15, 0.2) is 24.4 Å². The van der Waals surface area contributed by atoms with E-state index in [1.807, 2.05) is 19.9 Å². The fourth-order valence-electron chi connectivity index (χ4n) is 1.81. The first kappa shape index (κ1) is 15.1. The van der Waals surface area contributed by atoms with E-state index in [4.69, 9.17) is 5.11 Å². The Balaban J connectivity index is 2.42. The van der Waals surface area contributed by atoms with Gasteiger partial charge in [0.05, 0.1) is 12.3 Å². The number of aromatic nitrogens is 1. The Hall–Kier alpha value is -1.91. The topological polar surface area (TPSA) is 79.3 Å². The molecule has 0 radical (unpaired) electrons. The maximum Gasteiger partial charge on any atom is 0.308 e. The van der Waals surface area contributed by atoms with E-state index in [2.05, 4.69) is 10.3 Å². The monoisotopic (exact) mass is 264 g/mol. The normalized spacial score (nSPS) is 12.2. The molecule has 2 N–H and O–H groups in total. The summed E-state index contributed by atoms with van der Waals surface area (Å²) in [5.41, 5.74) is 0.677. The Bertz CT molecular complexity index is 418. The van der Waals surface area contributed by atoms with Crippen LogP contribution in [0.3, 0.4) is 0 Å². The quantitative estimate of drug-likeness (QED) is 0.782. The number of nitrogens with one attached hydrogen (secondary N) is 1. The van der Waals surface area contributed by atoms with Gasteiger partial charge in [-0.1, -0.05) is 19.9 Å². The fourth-order valence-corrected chi connectivity index (χ4v) is 1.81. The zero-order chi connectivity index (χ0) is 14.3. The molecule has 1 unspecified atom stereocenters. The van der Waals surface area contributed by atoms with Gasteiger partial charge in [-0.2, -0.15) is 0 Å². The molecule has 0 fully saturated rings. The van der Waals surface area contributed by atoms with Gasteiger partial charge in [-0.25, -0.2) is 0 Å². The van der Waals surface area contributed by atoms with Crippen molar-refractivity contribution in [3.63, 3.8) is 0 Å². The fraction of sp³-hybridized carbons (Fsp3) is 0.500. The standard InChI is InChI=1S/C14H20N2O3/c1-10(2)7-11(14(18)19)9-16-13(17)8-12-5-3-4-6-15-12/h3-6,10-11H,7-9H2,1-2H3,(H,16,17)(H,18,19). The van der Waals surface area contributed by atoms with E-state index in [0.717, 1.165) is 0 Å². The van der Waals surface area contributed by atoms with Crippen molar-refractivity contribution in [2.45, 2.75) is 26.7 Å². The van der Waals surface area contributed by atoms with E-state index in [1.165, 1.54) is 0 Å². The van der Waals surface area contributed by atoms with Gasteiger partial charge in [0, 0.05) is 18.4 Å². The average molecular weight is 264 g/mol. The van der Waals surface area contributed by atoms with Gasteiger partial charge in [0.2, 0.25) is 5.91 Å². The molecule has 5 nitrogen and oxygen atoms in total. The minimum Gasteiger partial charge on any atom is -0.481 e. The first-order valence-corrected chi connectivity index (χ1v) is 6.38. The largest absolute Gasteiger partial charge is 0.481 e. The number of nitrogens with zero attached hydrogens (tertiary/aromatic N) is 1. The lowest BCUT2D eigenvalue weighted by Crippen LogP contribution is -2.34. The molecule has 104 valence electrons.